The van der Waals surface area contributed by atoms with Crippen LogP contribution in [0.15, 0.2) is 0 Å². The van der Waals surface area contributed by atoms with E-state index in [9.17, 15) is 4.79 Å². The summed E-state index contributed by atoms with van der Waals surface area (Å²) in [7, 11) is 1.63. The molecule has 15 heavy (non-hydrogen) atoms. The third-order valence-corrected chi connectivity index (χ3v) is 2.21. The van der Waals surface area contributed by atoms with Crippen LogP contribution in [0.1, 0.15) is 27.7 Å². The molecular formula is C10H21N3OS. The van der Waals surface area contributed by atoms with Crippen molar-refractivity contribution in [3.05, 3.63) is 0 Å². The lowest BCUT2D eigenvalue weighted by Crippen LogP contribution is -2.47. The summed E-state index contributed by atoms with van der Waals surface area (Å²) in [5, 5.41) is 9.30. The van der Waals surface area contributed by atoms with Gasteiger partial charge in [-0.15, -0.1) is 0 Å². The molecule has 0 aromatic heterocycles. The van der Waals surface area contributed by atoms with Gasteiger partial charge in [0.05, 0.1) is 5.41 Å². The average molecular weight is 231 g/mol. The van der Waals surface area contributed by atoms with Crippen molar-refractivity contribution < 1.29 is 4.79 Å². The Morgan fingerprint density at radius 1 is 1.40 bits per heavy atom. The quantitative estimate of drug-likeness (QED) is 0.621. The summed E-state index contributed by atoms with van der Waals surface area (Å²) in [5.74, 6) is 0.00217. The van der Waals surface area contributed by atoms with E-state index in [2.05, 4.69) is 16.0 Å². The van der Waals surface area contributed by atoms with Crippen LogP contribution in [0.2, 0.25) is 0 Å². The van der Waals surface area contributed by atoms with Crippen molar-refractivity contribution in [3.63, 3.8) is 0 Å². The maximum absolute atomic E-state index is 11.5. The number of carbonyl (C=O) groups excluding carboxylic acids is 1. The number of nitrogens with one attached hydrogen (secondary N) is 3. The van der Waals surface area contributed by atoms with Gasteiger partial charge in [-0.05, 0) is 39.9 Å². The first-order chi connectivity index (χ1) is 6.79. The molecule has 0 rings (SSSR count). The van der Waals surface area contributed by atoms with Gasteiger partial charge in [-0.25, -0.2) is 0 Å². The van der Waals surface area contributed by atoms with E-state index in [-0.39, 0.29) is 5.91 Å². The fraction of sp³-hybridized carbons (Fsp3) is 0.800. The van der Waals surface area contributed by atoms with Gasteiger partial charge in [0.25, 0.3) is 0 Å². The van der Waals surface area contributed by atoms with Crippen LogP contribution in [0, 0.1) is 5.41 Å². The Morgan fingerprint density at radius 2 is 1.93 bits per heavy atom. The van der Waals surface area contributed by atoms with Crippen LogP contribution in [0.4, 0.5) is 0 Å². The maximum Gasteiger partial charge on any atom is 0.227 e. The van der Waals surface area contributed by atoms with Gasteiger partial charge < -0.3 is 16.0 Å². The predicted molar refractivity (Wildman–Crippen MR) is 66.7 cm³/mol. The summed E-state index contributed by atoms with van der Waals surface area (Å²) in [6.07, 6.45) is 0. The SMILES string of the molecule is CNC(=O)C(C)(C)CNC(=S)NC(C)C. The molecule has 4 nitrogen and oxygen atoms in total. The summed E-state index contributed by atoms with van der Waals surface area (Å²) in [6.45, 7) is 8.29. The van der Waals surface area contributed by atoms with E-state index in [4.69, 9.17) is 12.2 Å². The molecule has 0 bridgehead atoms. The van der Waals surface area contributed by atoms with Gasteiger partial charge in [0, 0.05) is 19.6 Å². The van der Waals surface area contributed by atoms with Crippen LogP contribution in [0.3, 0.4) is 0 Å². The normalized spacial score (nSPS) is 11.1. The third-order valence-electron chi connectivity index (χ3n) is 1.95. The van der Waals surface area contributed by atoms with E-state index >= 15 is 0 Å². The smallest absolute Gasteiger partial charge is 0.227 e. The first kappa shape index (κ1) is 14.2. The van der Waals surface area contributed by atoms with Gasteiger partial charge in [-0.1, -0.05) is 0 Å². The number of amides is 1. The van der Waals surface area contributed by atoms with Crippen LogP contribution in [0.25, 0.3) is 0 Å². The van der Waals surface area contributed by atoms with Crippen LogP contribution in [-0.4, -0.2) is 30.7 Å². The Morgan fingerprint density at radius 3 is 2.33 bits per heavy atom. The van der Waals surface area contributed by atoms with Crippen LogP contribution < -0.4 is 16.0 Å². The van der Waals surface area contributed by atoms with Crippen molar-refractivity contribution in [2.45, 2.75) is 33.7 Å². The molecule has 0 atom stereocenters. The number of thiocarbonyl (C=S) groups is 1. The van der Waals surface area contributed by atoms with Crippen molar-refractivity contribution in [2.75, 3.05) is 13.6 Å². The first-order valence-corrected chi connectivity index (χ1v) is 5.47. The molecule has 0 aliphatic rings. The third kappa shape index (κ3) is 5.57. The van der Waals surface area contributed by atoms with Crippen molar-refractivity contribution >= 4 is 23.2 Å². The Bertz CT molecular complexity index is 239. The lowest BCUT2D eigenvalue weighted by Gasteiger charge is -2.24. The first-order valence-electron chi connectivity index (χ1n) is 5.06. The molecule has 5 heteroatoms. The number of hydrogen-bond acceptors (Lipinski definition) is 2. The summed E-state index contributed by atoms with van der Waals surface area (Å²) in [5.41, 5.74) is -0.461. The molecule has 0 heterocycles. The molecule has 88 valence electrons. The van der Waals surface area contributed by atoms with Gasteiger partial charge in [0.1, 0.15) is 0 Å². The molecule has 0 aromatic carbocycles. The molecular weight excluding hydrogens is 210 g/mol. The van der Waals surface area contributed by atoms with E-state index in [0.717, 1.165) is 0 Å². The highest BCUT2D eigenvalue weighted by molar-refractivity contribution is 7.80. The average Bonchev–Trinajstić information content (AvgIpc) is 2.12. The molecule has 0 aromatic rings. The minimum Gasteiger partial charge on any atom is -0.362 e. The van der Waals surface area contributed by atoms with Crippen molar-refractivity contribution in [2.24, 2.45) is 5.41 Å². The highest BCUT2D eigenvalue weighted by Crippen LogP contribution is 2.12. The zero-order valence-corrected chi connectivity index (χ0v) is 10.9. The molecule has 1 amide bonds. The van der Waals surface area contributed by atoms with Crippen molar-refractivity contribution in [1.29, 1.82) is 0 Å². The summed E-state index contributed by atoms with van der Waals surface area (Å²) < 4.78 is 0. The summed E-state index contributed by atoms with van der Waals surface area (Å²) in [6, 6.07) is 0.299. The molecule has 0 fully saturated rings. The highest BCUT2D eigenvalue weighted by Gasteiger charge is 2.26. The fourth-order valence-electron chi connectivity index (χ4n) is 1.03. The van der Waals surface area contributed by atoms with Crippen molar-refractivity contribution in [1.82, 2.24) is 16.0 Å². The second-order valence-electron chi connectivity index (χ2n) is 4.44. The van der Waals surface area contributed by atoms with Gasteiger partial charge in [-0.3, -0.25) is 4.79 Å². The highest BCUT2D eigenvalue weighted by atomic mass is 32.1. The van der Waals surface area contributed by atoms with E-state index in [1.54, 1.807) is 7.05 Å². The molecule has 3 N–H and O–H groups in total. The van der Waals surface area contributed by atoms with Gasteiger partial charge in [-0.2, -0.15) is 0 Å². The lowest BCUT2D eigenvalue weighted by atomic mass is 9.92. The molecule has 0 saturated heterocycles. The Labute approximate surface area is 97.2 Å². The fourth-order valence-corrected chi connectivity index (χ4v) is 1.34. The lowest BCUT2D eigenvalue weighted by molar-refractivity contribution is -0.128. The van der Waals surface area contributed by atoms with Gasteiger partial charge in [0.15, 0.2) is 5.11 Å². The Hall–Kier alpha value is -0.840. The molecule has 0 spiro atoms. The summed E-state index contributed by atoms with van der Waals surface area (Å²) in [4.78, 5) is 11.5. The minimum absolute atomic E-state index is 0.00217. The van der Waals surface area contributed by atoms with E-state index in [0.29, 0.717) is 17.7 Å². The monoisotopic (exact) mass is 231 g/mol. The second kappa shape index (κ2) is 5.90. The molecule has 0 saturated carbocycles. The largest absolute Gasteiger partial charge is 0.362 e. The number of hydrogen-bond donors (Lipinski definition) is 3. The second-order valence-corrected chi connectivity index (χ2v) is 4.85. The van der Waals surface area contributed by atoms with Crippen LogP contribution in [0.5, 0.6) is 0 Å². The topological polar surface area (TPSA) is 53.2 Å². The van der Waals surface area contributed by atoms with E-state index in [1.165, 1.54) is 0 Å². The molecule has 0 aliphatic carbocycles. The standard InChI is InChI=1S/C10H21N3OS/c1-7(2)13-9(15)12-6-10(3,4)8(14)11-5/h7H,6H2,1-5H3,(H,11,14)(H2,12,13,15). The van der Waals surface area contributed by atoms with Gasteiger partial charge >= 0.3 is 0 Å². The number of rotatable bonds is 4. The van der Waals surface area contributed by atoms with Crippen LogP contribution in [-0.2, 0) is 4.79 Å². The molecule has 0 aliphatic heterocycles. The predicted octanol–water partition coefficient (Wildman–Crippen LogP) is 0.631. The Balaban J connectivity index is 4.04. The van der Waals surface area contributed by atoms with Gasteiger partial charge in [0.2, 0.25) is 5.91 Å². The molecule has 0 unspecified atom stereocenters. The number of carbonyl (C=O) groups is 1. The van der Waals surface area contributed by atoms with E-state index in [1.807, 2.05) is 27.7 Å². The minimum atomic E-state index is -0.461. The van der Waals surface area contributed by atoms with E-state index < -0.39 is 5.41 Å². The maximum atomic E-state index is 11.5. The summed E-state index contributed by atoms with van der Waals surface area (Å²) >= 11 is 5.07. The zero-order valence-electron chi connectivity index (χ0n) is 10.1. The van der Waals surface area contributed by atoms with Crippen molar-refractivity contribution in [3.8, 4) is 0 Å². The molecule has 0 radical (unpaired) electrons. The zero-order chi connectivity index (χ0) is 12.1. The Kier molecular flexibility index (Phi) is 5.57. The van der Waals surface area contributed by atoms with Crippen LogP contribution >= 0.6 is 12.2 Å².